The van der Waals surface area contributed by atoms with Crippen LogP contribution in [-0.4, -0.2) is 55.2 Å². The third-order valence-electron chi connectivity index (χ3n) is 4.99. The molecule has 0 radical (unpaired) electrons. The van der Waals surface area contributed by atoms with Gasteiger partial charge in [0.15, 0.2) is 11.5 Å². The number of benzene rings is 1. The van der Waals surface area contributed by atoms with E-state index in [0.717, 1.165) is 18.3 Å². The Balaban J connectivity index is 1.68. The minimum absolute atomic E-state index is 0.260. The summed E-state index contributed by atoms with van der Waals surface area (Å²) in [5.74, 6) is 3.95. The lowest BCUT2D eigenvalue weighted by molar-refractivity contribution is 0.0540. The molecule has 2 aliphatic rings. The second-order valence-corrected chi connectivity index (χ2v) is 6.55. The Morgan fingerprint density at radius 3 is 2.96 bits per heavy atom. The molecule has 0 unspecified atom stereocenters. The number of fused-ring (bicyclic) bond motifs is 1. The summed E-state index contributed by atoms with van der Waals surface area (Å²) < 4.78 is 11.0. The molecule has 1 aromatic rings. The van der Waals surface area contributed by atoms with Gasteiger partial charge in [-0.3, -0.25) is 9.80 Å². The predicted octanol–water partition coefficient (Wildman–Crippen LogP) is 2.38. The molecule has 4 nitrogen and oxygen atoms in total. The summed E-state index contributed by atoms with van der Waals surface area (Å²) in [5.41, 5.74) is 1.26. The SMILES string of the molecule is C#CCOc1ccc(CN2C[C@H]3CCCN3C[C@@H]2C)cc1OC. The van der Waals surface area contributed by atoms with Crippen LogP contribution in [0.3, 0.4) is 0 Å². The zero-order chi connectivity index (χ0) is 16.2. The van der Waals surface area contributed by atoms with E-state index in [-0.39, 0.29) is 6.61 Å². The summed E-state index contributed by atoms with van der Waals surface area (Å²) in [6.07, 6.45) is 7.94. The van der Waals surface area contributed by atoms with Gasteiger partial charge in [-0.05, 0) is 44.0 Å². The lowest BCUT2D eigenvalue weighted by Crippen LogP contribution is -2.54. The summed E-state index contributed by atoms with van der Waals surface area (Å²) >= 11 is 0. The second-order valence-electron chi connectivity index (χ2n) is 6.55. The zero-order valence-corrected chi connectivity index (χ0v) is 14.1. The number of nitrogens with zero attached hydrogens (tertiary/aromatic N) is 2. The van der Waals surface area contributed by atoms with E-state index in [1.165, 1.54) is 38.0 Å². The van der Waals surface area contributed by atoms with E-state index in [1.54, 1.807) is 7.11 Å². The minimum atomic E-state index is 0.260. The standard InChI is InChI=1S/C19H26N2O2/c1-4-10-23-18-8-7-16(11-19(18)22-3)13-21-14-17-6-5-9-20(17)12-15(21)2/h1,7-8,11,15,17H,5-6,9-10,12-14H2,2-3H3/t15-,17+/m0/s1. The van der Waals surface area contributed by atoms with Crippen LogP contribution in [0.5, 0.6) is 11.5 Å². The van der Waals surface area contributed by atoms with Crippen LogP contribution in [0.2, 0.25) is 0 Å². The van der Waals surface area contributed by atoms with E-state index in [1.807, 2.05) is 6.07 Å². The van der Waals surface area contributed by atoms with E-state index in [2.05, 4.69) is 34.8 Å². The van der Waals surface area contributed by atoms with E-state index < -0.39 is 0 Å². The highest BCUT2D eigenvalue weighted by Gasteiger charge is 2.34. The van der Waals surface area contributed by atoms with Gasteiger partial charge in [0.1, 0.15) is 6.61 Å². The van der Waals surface area contributed by atoms with Crippen molar-refractivity contribution in [2.45, 2.75) is 38.4 Å². The molecule has 0 bridgehead atoms. The number of ether oxygens (including phenoxy) is 2. The fourth-order valence-electron chi connectivity index (χ4n) is 3.75. The summed E-state index contributed by atoms with van der Waals surface area (Å²) in [6.45, 7) is 7.17. The molecule has 0 saturated carbocycles. The quantitative estimate of drug-likeness (QED) is 0.779. The molecule has 4 heteroatoms. The molecule has 124 valence electrons. The molecular weight excluding hydrogens is 288 g/mol. The monoisotopic (exact) mass is 314 g/mol. The van der Waals surface area contributed by atoms with E-state index >= 15 is 0 Å². The van der Waals surface area contributed by atoms with Gasteiger partial charge >= 0.3 is 0 Å². The number of piperazine rings is 1. The van der Waals surface area contributed by atoms with Gasteiger partial charge in [-0.15, -0.1) is 6.42 Å². The van der Waals surface area contributed by atoms with Crippen molar-refractivity contribution >= 4 is 0 Å². The molecule has 2 atom stereocenters. The third-order valence-corrected chi connectivity index (χ3v) is 4.99. The minimum Gasteiger partial charge on any atom is -0.493 e. The fraction of sp³-hybridized carbons (Fsp3) is 0.579. The van der Waals surface area contributed by atoms with Crippen molar-refractivity contribution in [3.63, 3.8) is 0 Å². The average Bonchev–Trinajstić information content (AvgIpc) is 3.00. The molecule has 2 heterocycles. The van der Waals surface area contributed by atoms with Gasteiger partial charge < -0.3 is 9.47 Å². The normalized spacial score (nSPS) is 24.9. The van der Waals surface area contributed by atoms with Crippen LogP contribution in [-0.2, 0) is 6.54 Å². The number of hydrogen-bond acceptors (Lipinski definition) is 4. The highest BCUT2D eigenvalue weighted by Crippen LogP contribution is 2.30. The molecular formula is C19H26N2O2. The van der Waals surface area contributed by atoms with Crippen molar-refractivity contribution in [1.82, 2.24) is 9.80 Å². The maximum Gasteiger partial charge on any atom is 0.162 e. The molecule has 0 aromatic heterocycles. The number of terminal acetylenes is 1. The first-order chi connectivity index (χ1) is 11.2. The van der Waals surface area contributed by atoms with Gasteiger partial charge in [0.25, 0.3) is 0 Å². The summed E-state index contributed by atoms with van der Waals surface area (Å²) in [7, 11) is 1.67. The molecule has 0 aliphatic carbocycles. The van der Waals surface area contributed by atoms with Crippen molar-refractivity contribution in [1.29, 1.82) is 0 Å². The fourth-order valence-corrected chi connectivity index (χ4v) is 3.75. The number of rotatable bonds is 5. The molecule has 2 saturated heterocycles. The summed E-state index contributed by atoms with van der Waals surface area (Å²) in [5, 5.41) is 0. The van der Waals surface area contributed by atoms with Gasteiger partial charge in [-0.2, -0.15) is 0 Å². The third kappa shape index (κ3) is 3.63. The molecule has 3 rings (SSSR count). The van der Waals surface area contributed by atoms with Crippen LogP contribution >= 0.6 is 0 Å². The molecule has 0 amide bonds. The molecule has 2 fully saturated rings. The van der Waals surface area contributed by atoms with Gasteiger partial charge in [0, 0.05) is 31.7 Å². The second kappa shape index (κ2) is 7.25. The van der Waals surface area contributed by atoms with Crippen molar-refractivity contribution < 1.29 is 9.47 Å². The average molecular weight is 314 g/mol. The van der Waals surface area contributed by atoms with Gasteiger partial charge in [-0.25, -0.2) is 0 Å². The first-order valence-corrected chi connectivity index (χ1v) is 8.42. The van der Waals surface area contributed by atoms with Crippen molar-refractivity contribution in [2.75, 3.05) is 33.4 Å². The van der Waals surface area contributed by atoms with Crippen LogP contribution in [0.1, 0.15) is 25.3 Å². The Morgan fingerprint density at radius 1 is 1.30 bits per heavy atom. The predicted molar refractivity (Wildman–Crippen MR) is 91.8 cm³/mol. The van der Waals surface area contributed by atoms with Gasteiger partial charge in [0.2, 0.25) is 0 Å². The van der Waals surface area contributed by atoms with Crippen LogP contribution in [0.15, 0.2) is 18.2 Å². The van der Waals surface area contributed by atoms with E-state index in [9.17, 15) is 0 Å². The number of methoxy groups -OCH3 is 1. The van der Waals surface area contributed by atoms with Crippen LogP contribution in [0.4, 0.5) is 0 Å². The van der Waals surface area contributed by atoms with Gasteiger partial charge in [0.05, 0.1) is 7.11 Å². The largest absolute Gasteiger partial charge is 0.493 e. The first kappa shape index (κ1) is 16.2. The highest BCUT2D eigenvalue weighted by molar-refractivity contribution is 5.43. The smallest absolute Gasteiger partial charge is 0.162 e. The zero-order valence-electron chi connectivity index (χ0n) is 14.1. The summed E-state index contributed by atoms with van der Waals surface area (Å²) in [6, 6.07) is 7.48. The van der Waals surface area contributed by atoms with E-state index in [0.29, 0.717) is 11.8 Å². The Kier molecular flexibility index (Phi) is 5.09. The Hall–Kier alpha value is -1.70. The maximum atomic E-state index is 5.52. The molecule has 2 aliphatic heterocycles. The van der Waals surface area contributed by atoms with Crippen LogP contribution in [0.25, 0.3) is 0 Å². The topological polar surface area (TPSA) is 24.9 Å². The Bertz CT molecular complexity index is 581. The maximum absolute atomic E-state index is 5.52. The molecule has 1 aromatic carbocycles. The molecule has 0 N–H and O–H groups in total. The van der Waals surface area contributed by atoms with Crippen LogP contribution in [0, 0.1) is 12.3 Å². The lowest BCUT2D eigenvalue weighted by Gasteiger charge is -2.42. The lowest BCUT2D eigenvalue weighted by atomic mass is 10.1. The summed E-state index contributed by atoms with van der Waals surface area (Å²) in [4.78, 5) is 5.24. The van der Waals surface area contributed by atoms with Gasteiger partial charge in [-0.1, -0.05) is 12.0 Å². The van der Waals surface area contributed by atoms with Crippen molar-refractivity contribution in [2.24, 2.45) is 0 Å². The molecule has 0 spiro atoms. The number of hydrogen-bond donors (Lipinski definition) is 0. The Labute approximate surface area is 139 Å². The highest BCUT2D eigenvalue weighted by atomic mass is 16.5. The van der Waals surface area contributed by atoms with Crippen molar-refractivity contribution in [3.8, 4) is 23.8 Å². The van der Waals surface area contributed by atoms with E-state index in [4.69, 9.17) is 15.9 Å². The van der Waals surface area contributed by atoms with Crippen molar-refractivity contribution in [3.05, 3.63) is 23.8 Å². The first-order valence-electron chi connectivity index (χ1n) is 8.42. The Morgan fingerprint density at radius 2 is 2.17 bits per heavy atom. The van der Waals surface area contributed by atoms with Crippen LogP contribution < -0.4 is 9.47 Å². The molecule has 23 heavy (non-hydrogen) atoms.